The maximum atomic E-state index is 12.0. The number of benzene rings is 1. The number of hydrogen-bond acceptors (Lipinski definition) is 3. The monoisotopic (exact) mass is 328 g/mol. The van der Waals surface area contributed by atoms with Crippen LogP contribution in [-0.2, 0) is 4.74 Å². The maximum absolute atomic E-state index is 12.0. The van der Waals surface area contributed by atoms with Crippen LogP contribution in [0.2, 0.25) is 5.02 Å². The van der Waals surface area contributed by atoms with Gasteiger partial charge in [-0.1, -0.05) is 11.6 Å². The van der Waals surface area contributed by atoms with Gasteiger partial charge in [-0.25, -0.2) is 4.79 Å². The van der Waals surface area contributed by atoms with E-state index in [1.165, 1.54) is 0 Å². The SMILES string of the molecule is CC(C)OC(=O)c1cc(NC(=S)N(C)C(C)C)ccc1Cl. The number of esters is 1. The summed E-state index contributed by atoms with van der Waals surface area (Å²) in [6.07, 6.45) is -0.196. The summed E-state index contributed by atoms with van der Waals surface area (Å²) in [4.78, 5) is 13.9. The number of hydrogen-bond donors (Lipinski definition) is 1. The topological polar surface area (TPSA) is 41.6 Å². The molecule has 21 heavy (non-hydrogen) atoms. The average molecular weight is 329 g/mol. The number of nitrogens with zero attached hydrogens (tertiary/aromatic N) is 1. The molecule has 4 nitrogen and oxygen atoms in total. The molecule has 116 valence electrons. The molecule has 1 N–H and O–H groups in total. The van der Waals surface area contributed by atoms with Gasteiger partial charge in [0.25, 0.3) is 0 Å². The van der Waals surface area contributed by atoms with Crippen molar-refractivity contribution < 1.29 is 9.53 Å². The van der Waals surface area contributed by atoms with Crippen molar-refractivity contribution in [2.75, 3.05) is 12.4 Å². The first-order valence-electron chi connectivity index (χ1n) is 6.76. The van der Waals surface area contributed by atoms with Gasteiger partial charge in [0.05, 0.1) is 16.7 Å². The van der Waals surface area contributed by atoms with Gasteiger partial charge in [0.15, 0.2) is 5.11 Å². The molecule has 0 aliphatic rings. The van der Waals surface area contributed by atoms with Crippen LogP contribution in [0, 0.1) is 0 Å². The van der Waals surface area contributed by atoms with Crippen molar-refractivity contribution in [2.45, 2.75) is 39.8 Å². The third kappa shape index (κ3) is 5.17. The second-order valence-electron chi connectivity index (χ2n) is 5.28. The van der Waals surface area contributed by atoms with E-state index in [-0.39, 0.29) is 12.1 Å². The Morgan fingerprint density at radius 1 is 1.33 bits per heavy atom. The minimum atomic E-state index is -0.443. The fourth-order valence-electron chi connectivity index (χ4n) is 1.48. The van der Waals surface area contributed by atoms with Crippen LogP contribution >= 0.6 is 23.8 Å². The summed E-state index contributed by atoms with van der Waals surface area (Å²) in [6, 6.07) is 5.35. The number of carbonyl (C=O) groups is 1. The number of carbonyl (C=O) groups excluding carboxylic acids is 1. The Kier molecular flexibility index (Phi) is 6.42. The first kappa shape index (κ1) is 17.7. The highest BCUT2D eigenvalue weighted by molar-refractivity contribution is 7.80. The zero-order chi connectivity index (χ0) is 16.2. The van der Waals surface area contributed by atoms with Gasteiger partial charge in [0.1, 0.15) is 0 Å². The largest absolute Gasteiger partial charge is 0.459 e. The highest BCUT2D eigenvalue weighted by Gasteiger charge is 2.15. The lowest BCUT2D eigenvalue weighted by atomic mass is 10.2. The summed E-state index contributed by atoms with van der Waals surface area (Å²) >= 11 is 11.4. The van der Waals surface area contributed by atoms with Crippen molar-refractivity contribution in [2.24, 2.45) is 0 Å². The molecule has 1 rings (SSSR count). The Balaban J connectivity index is 2.92. The van der Waals surface area contributed by atoms with E-state index in [0.717, 1.165) is 0 Å². The first-order valence-corrected chi connectivity index (χ1v) is 7.55. The molecule has 0 heterocycles. The number of ether oxygens (including phenoxy) is 1. The molecule has 0 unspecified atom stereocenters. The van der Waals surface area contributed by atoms with Crippen molar-refractivity contribution in [3.63, 3.8) is 0 Å². The molecule has 0 atom stereocenters. The quantitative estimate of drug-likeness (QED) is 0.669. The molecule has 0 aliphatic carbocycles. The van der Waals surface area contributed by atoms with E-state index in [2.05, 4.69) is 5.32 Å². The zero-order valence-corrected chi connectivity index (χ0v) is 14.5. The number of thiocarbonyl (C=S) groups is 1. The fraction of sp³-hybridized carbons (Fsp3) is 0.467. The van der Waals surface area contributed by atoms with Gasteiger partial charge in [0.2, 0.25) is 0 Å². The summed E-state index contributed by atoms with van der Waals surface area (Å²) < 4.78 is 5.17. The Labute approximate surface area is 136 Å². The van der Waals surface area contributed by atoms with Gasteiger partial charge in [-0.2, -0.15) is 0 Å². The van der Waals surface area contributed by atoms with Crippen LogP contribution in [-0.4, -0.2) is 35.2 Å². The van der Waals surface area contributed by atoms with E-state index in [4.69, 9.17) is 28.6 Å². The van der Waals surface area contributed by atoms with Gasteiger partial charge >= 0.3 is 5.97 Å². The van der Waals surface area contributed by atoms with Crippen molar-refractivity contribution in [3.05, 3.63) is 28.8 Å². The van der Waals surface area contributed by atoms with Gasteiger partial charge in [0, 0.05) is 18.8 Å². The van der Waals surface area contributed by atoms with Gasteiger partial charge < -0.3 is 15.0 Å². The summed E-state index contributed by atoms with van der Waals surface area (Å²) in [7, 11) is 1.91. The molecule has 0 bridgehead atoms. The van der Waals surface area contributed by atoms with Crippen molar-refractivity contribution in [1.82, 2.24) is 4.90 Å². The van der Waals surface area contributed by atoms with Gasteiger partial charge in [-0.05, 0) is 58.1 Å². The molecular weight excluding hydrogens is 308 g/mol. The van der Waals surface area contributed by atoms with Crippen molar-refractivity contribution >= 4 is 40.6 Å². The molecule has 6 heteroatoms. The molecule has 0 aromatic heterocycles. The van der Waals surface area contributed by atoms with Crippen LogP contribution in [0.15, 0.2) is 18.2 Å². The van der Waals surface area contributed by atoms with E-state index in [0.29, 0.717) is 21.4 Å². The maximum Gasteiger partial charge on any atom is 0.339 e. The Bertz CT molecular complexity index is 532. The lowest BCUT2D eigenvalue weighted by Gasteiger charge is -2.25. The standard InChI is InChI=1S/C15H21ClN2O2S/c1-9(2)18(5)15(21)17-11-6-7-13(16)12(8-11)14(19)20-10(3)4/h6-10H,1-5H3,(H,17,21). The second kappa shape index (κ2) is 7.61. The number of anilines is 1. The Morgan fingerprint density at radius 3 is 2.48 bits per heavy atom. The molecule has 0 saturated carbocycles. The zero-order valence-electron chi connectivity index (χ0n) is 12.9. The normalized spacial score (nSPS) is 10.7. The molecule has 0 aliphatic heterocycles. The molecular formula is C15H21ClN2O2S. The molecule has 1 aromatic rings. The van der Waals surface area contributed by atoms with E-state index in [1.54, 1.807) is 32.0 Å². The molecule has 0 fully saturated rings. The van der Waals surface area contributed by atoms with Crippen LogP contribution in [0.5, 0.6) is 0 Å². The molecule has 0 radical (unpaired) electrons. The molecule has 0 amide bonds. The highest BCUT2D eigenvalue weighted by Crippen LogP contribution is 2.22. The van der Waals surface area contributed by atoms with Crippen molar-refractivity contribution in [1.29, 1.82) is 0 Å². The van der Waals surface area contributed by atoms with Crippen LogP contribution in [0.4, 0.5) is 5.69 Å². The lowest BCUT2D eigenvalue weighted by Crippen LogP contribution is -2.36. The van der Waals surface area contributed by atoms with Crippen LogP contribution in [0.25, 0.3) is 0 Å². The Morgan fingerprint density at radius 2 is 1.95 bits per heavy atom. The predicted molar refractivity (Wildman–Crippen MR) is 91.1 cm³/mol. The smallest absolute Gasteiger partial charge is 0.339 e. The first-order chi connectivity index (χ1) is 9.72. The average Bonchev–Trinajstić information content (AvgIpc) is 2.38. The summed E-state index contributed by atoms with van der Waals surface area (Å²) in [5.74, 6) is -0.443. The number of halogens is 1. The number of nitrogens with one attached hydrogen (secondary N) is 1. The van der Waals surface area contributed by atoms with Crippen LogP contribution in [0.3, 0.4) is 0 Å². The van der Waals surface area contributed by atoms with E-state index >= 15 is 0 Å². The van der Waals surface area contributed by atoms with Gasteiger partial charge in [-0.3, -0.25) is 0 Å². The third-order valence-electron chi connectivity index (χ3n) is 2.88. The molecule has 0 saturated heterocycles. The molecule has 1 aromatic carbocycles. The number of rotatable bonds is 4. The van der Waals surface area contributed by atoms with E-state index in [9.17, 15) is 4.79 Å². The minimum absolute atomic E-state index is 0.196. The predicted octanol–water partition coefficient (Wildman–Crippen LogP) is 3.94. The summed E-state index contributed by atoms with van der Waals surface area (Å²) in [6.45, 7) is 7.67. The van der Waals surface area contributed by atoms with Gasteiger partial charge in [-0.15, -0.1) is 0 Å². The lowest BCUT2D eigenvalue weighted by molar-refractivity contribution is 0.0378. The van der Waals surface area contributed by atoms with E-state index in [1.807, 2.05) is 25.8 Å². The summed E-state index contributed by atoms with van der Waals surface area (Å²) in [5, 5.41) is 4.02. The van der Waals surface area contributed by atoms with Crippen LogP contribution < -0.4 is 5.32 Å². The van der Waals surface area contributed by atoms with Crippen molar-refractivity contribution in [3.8, 4) is 0 Å². The highest BCUT2D eigenvalue weighted by atomic mass is 35.5. The van der Waals surface area contributed by atoms with Crippen LogP contribution in [0.1, 0.15) is 38.1 Å². The fourth-order valence-corrected chi connectivity index (χ4v) is 2.01. The second-order valence-corrected chi connectivity index (χ2v) is 6.08. The minimum Gasteiger partial charge on any atom is -0.459 e. The summed E-state index contributed by atoms with van der Waals surface area (Å²) in [5.41, 5.74) is 1.03. The third-order valence-corrected chi connectivity index (χ3v) is 3.59. The van der Waals surface area contributed by atoms with E-state index < -0.39 is 5.97 Å². The Hall–Kier alpha value is -1.33. The molecule has 0 spiro atoms.